The highest BCUT2D eigenvalue weighted by molar-refractivity contribution is 5.58. The number of nitro groups is 1. The standard InChI is InChI=1S/C10H14N2O2/c1-7(2)9-5-4-8(12(13)14)6-10(9)11-3/h4-7,11H,1-3H3. The van der Waals surface area contributed by atoms with Gasteiger partial charge in [0, 0.05) is 24.9 Å². The second-order valence-corrected chi connectivity index (χ2v) is 3.43. The number of non-ortho nitro benzene ring substituents is 1. The maximum absolute atomic E-state index is 10.5. The lowest BCUT2D eigenvalue weighted by Gasteiger charge is -2.11. The van der Waals surface area contributed by atoms with E-state index in [1.54, 1.807) is 19.2 Å². The number of rotatable bonds is 3. The molecule has 0 aliphatic heterocycles. The Hall–Kier alpha value is -1.58. The number of anilines is 1. The third-order valence-electron chi connectivity index (χ3n) is 2.14. The average molecular weight is 194 g/mol. The molecule has 14 heavy (non-hydrogen) atoms. The van der Waals surface area contributed by atoms with Crippen LogP contribution in [-0.4, -0.2) is 12.0 Å². The molecule has 0 saturated carbocycles. The van der Waals surface area contributed by atoms with Gasteiger partial charge >= 0.3 is 0 Å². The van der Waals surface area contributed by atoms with E-state index in [-0.39, 0.29) is 10.6 Å². The molecule has 4 nitrogen and oxygen atoms in total. The Morgan fingerprint density at radius 3 is 2.50 bits per heavy atom. The zero-order valence-corrected chi connectivity index (χ0v) is 8.57. The van der Waals surface area contributed by atoms with E-state index in [2.05, 4.69) is 19.2 Å². The van der Waals surface area contributed by atoms with Gasteiger partial charge in [-0.3, -0.25) is 10.1 Å². The van der Waals surface area contributed by atoms with Crippen LogP contribution in [0.4, 0.5) is 11.4 Å². The van der Waals surface area contributed by atoms with Crippen molar-refractivity contribution < 1.29 is 4.92 Å². The topological polar surface area (TPSA) is 55.2 Å². The molecule has 0 saturated heterocycles. The maximum Gasteiger partial charge on any atom is 0.271 e. The molecule has 1 rings (SSSR count). The molecule has 0 unspecified atom stereocenters. The van der Waals surface area contributed by atoms with Crippen molar-refractivity contribution in [2.75, 3.05) is 12.4 Å². The fourth-order valence-electron chi connectivity index (χ4n) is 1.38. The van der Waals surface area contributed by atoms with Crippen molar-refractivity contribution in [2.45, 2.75) is 19.8 Å². The lowest BCUT2D eigenvalue weighted by Crippen LogP contribution is -1.99. The SMILES string of the molecule is CNc1cc([N+](=O)[O-])ccc1C(C)C. The van der Waals surface area contributed by atoms with Crippen molar-refractivity contribution >= 4 is 11.4 Å². The van der Waals surface area contributed by atoms with Crippen molar-refractivity contribution in [3.63, 3.8) is 0 Å². The van der Waals surface area contributed by atoms with Crippen molar-refractivity contribution in [1.29, 1.82) is 0 Å². The van der Waals surface area contributed by atoms with Crippen molar-refractivity contribution in [3.05, 3.63) is 33.9 Å². The van der Waals surface area contributed by atoms with E-state index in [0.29, 0.717) is 5.92 Å². The Kier molecular flexibility index (Phi) is 3.06. The van der Waals surface area contributed by atoms with Gasteiger partial charge in [0.15, 0.2) is 0 Å². The summed E-state index contributed by atoms with van der Waals surface area (Å²) < 4.78 is 0. The second-order valence-electron chi connectivity index (χ2n) is 3.43. The van der Waals surface area contributed by atoms with E-state index in [9.17, 15) is 10.1 Å². The Balaban J connectivity index is 3.18. The Labute approximate surface area is 83.1 Å². The maximum atomic E-state index is 10.5. The number of nitro benzene ring substituents is 1. The molecule has 0 atom stereocenters. The van der Waals surface area contributed by atoms with Crippen LogP contribution in [-0.2, 0) is 0 Å². The molecule has 0 radical (unpaired) electrons. The Morgan fingerprint density at radius 2 is 2.07 bits per heavy atom. The van der Waals surface area contributed by atoms with Gasteiger partial charge in [-0.15, -0.1) is 0 Å². The molecule has 1 aromatic carbocycles. The van der Waals surface area contributed by atoms with E-state index in [0.717, 1.165) is 11.3 Å². The van der Waals surface area contributed by atoms with Gasteiger partial charge in [-0.05, 0) is 17.5 Å². The van der Waals surface area contributed by atoms with Gasteiger partial charge in [-0.1, -0.05) is 13.8 Å². The average Bonchev–Trinajstić information content (AvgIpc) is 2.16. The van der Waals surface area contributed by atoms with Gasteiger partial charge in [-0.2, -0.15) is 0 Å². The van der Waals surface area contributed by atoms with Crippen LogP contribution in [0.1, 0.15) is 25.3 Å². The smallest absolute Gasteiger partial charge is 0.271 e. The lowest BCUT2D eigenvalue weighted by molar-refractivity contribution is -0.384. The van der Waals surface area contributed by atoms with Crippen LogP contribution >= 0.6 is 0 Å². The zero-order valence-electron chi connectivity index (χ0n) is 8.57. The summed E-state index contributed by atoms with van der Waals surface area (Å²) in [4.78, 5) is 10.1. The summed E-state index contributed by atoms with van der Waals surface area (Å²) in [5.41, 5.74) is 2.05. The molecule has 0 bridgehead atoms. The minimum absolute atomic E-state index is 0.124. The van der Waals surface area contributed by atoms with Crippen molar-refractivity contribution in [3.8, 4) is 0 Å². The highest BCUT2D eigenvalue weighted by atomic mass is 16.6. The molecule has 4 heteroatoms. The minimum atomic E-state index is -0.384. The van der Waals surface area contributed by atoms with E-state index in [1.807, 2.05) is 0 Å². The number of nitrogens with one attached hydrogen (secondary N) is 1. The molecule has 0 amide bonds. The van der Waals surface area contributed by atoms with Gasteiger partial charge in [0.25, 0.3) is 5.69 Å². The summed E-state index contributed by atoms with van der Waals surface area (Å²) in [6.07, 6.45) is 0. The largest absolute Gasteiger partial charge is 0.388 e. The first-order chi connectivity index (χ1) is 6.56. The third-order valence-corrected chi connectivity index (χ3v) is 2.14. The van der Waals surface area contributed by atoms with Crippen LogP contribution in [0.5, 0.6) is 0 Å². The first-order valence-corrected chi connectivity index (χ1v) is 4.52. The fourth-order valence-corrected chi connectivity index (χ4v) is 1.38. The van der Waals surface area contributed by atoms with Gasteiger partial charge < -0.3 is 5.32 Å². The molecule has 0 aliphatic rings. The molecule has 0 aliphatic carbocycles. The van der Waals surface area contributed by atoms with Crippen LogP contribution in [0.2, 0.25) is 0 Å². The Morgan fingerprint density at radius 1 is 1.43 bits per heavy atom. The first-order valence-electron chi connectivity index (χ1n) is 4.52. The van der Waals surface area contributed by atoms with E-state index in [4.69, 9.17) is 0 Å². The van der Waals surface area contributed by atoms with Crippen LogP contribution in [0.25, 0.3) is 0 Å². The van der Waals surface area contributed by atoms with Crippen LogP contribution in [0.3, 0.4) is 0 Å². The molecule has 0 fully saturated rings. The molecule has 0 heterocycles. The molecule has 1 aromatic rings. The summed E-state index contributed by atoms with van der Waals surface area (Å²) >= 11 is 0. The molecule has 0 aromatic heterocycles. The number of nitrogens with zero attached hydrogens (tertiary/aromatic N) is 1. The quantitative estimate of drug-likeness (QED) is 0.594. The molecular formula is C10H14N2O2. The van der Waals surface area contributed by atoms with Crippen LogP contribution in [0.15, 0.2) is 18.2 Å². The van der Waals surface area contributed by atoms with E-state index >= 15 is 0 Å². The van der Waals surface area contributed by atoms with E-state index in [1.165, 1.54) is 6.07 Å². The van der Waals surface area contributed by atoms with E-state index < -0.39 is 0 Å². The molecular weight excluding hydrogens is 180 g/mol. The van der Waals surface area contributed by atoms with Crippen LogP contribution in [0, 0.1) is 10.1 Å². The summed E-state index contributed by atoms with van der Waals surface area (Å²) in [5, 5.41) is 13.5. The summed E-state index contributed by atoms with van der Waals surface area (Å²) in [6.45, 7) is 4.12. The highest BCUT2D eigenvalue weighted by Gasteiger charge is 2.11. The lowest BCUT2D eigenvalue weighted by atomic mass is 10.0. The summed E-state index contributed by atoms with van der Waals surface area (Å²) in [5.74, 6) is 0.359. The first kappa shape index (κ1) is 10.5. The predicted octanol–water partition coefficient (Wildman–Crippen LogP) is 2.76. The van der Waals surface area contributed by atoms with Crippen molar-refractivity contribution in [1.82, 2.24) is 0 Å². The second kappa shape index (κ2) is 4.09. The zero-order chi connectivity index (χ0) is 10.7. The third kappa shape index (κ3) is 2.02. The van der Waals surface area contributed by atoms with Gasteiger partial charge in [-0.25, -0.2) is 0 Å². The molecule has 0 spiro atoms. The highest BCUT2D eigenvalue weighted by Crippen LogP contribution is 2.27. The number of hydrogen-bond donors (Lipinski definition) is 1. The van der Waals surface area contributed by atoms with Crippen molar-refractivity contribution in [2.24, 2.45) is 0 Å². The number of hydrogen-bond acceptors (Lipinski definition) is 3. The normalized spacial score (nSPS) is 10.3. The Bertz CT molecular complexity index is 348. The molecule has 76 valence electrons. The van der Waals surface area contributed by atoms with Gasteiger partial charge in [0.2, 0.25) is 0 Å². The van der Waals surface area contributed by atoms with Crippen LogP contribution < -0.4 is 5.32 Å². The monoisotopic (exact) mass is 194 g/mol. The number of benzene rings is 1. The van der Waals surface area contributed by atoms with Gasteiger partial charge in [0.1, 0.15) is 0 Å². The summed E-state index contributed by atoms with van der Waals surface area (Å²) in [6, 6.07) is 4.90. The molecule has 1 N–H and O–H groups in total. The fraction of sp³-hybridized carbons (Fsp3) is 0.400. The predicted molar refractivity (Wildman–Crippen MR) is 56.7 cm³/mol. The summed E-state index contributed by atoms with van der Waals surface area (Å²) in [7, 11) is 1.77. The van der Waals surface area contributed by atoms with Gasteiger partial charge in [0.05, 0.1) is 4.92 Å². The minimum Gasteiger partial charge on any atom is -0.388 e.